The molecule has 1 saturated heterocycles. The van der Waals surface area contributed by atoms with E-state index in [-0.39, 0.29) is 12.1 Å². The second-order valence-corrected chi connectivity index (χ2v) is 6.35. The van der Waals surface area contributed by atoms with Crippen LogP contribution in [0.25, 0.3) is 0 Å². The summed E-state index contributed by atoms with van der Waals surface area (Å²) in [7, 11) is 1.66. The molecule has 2 aromatic carbocycles. The first kappa shape index (κ1) is 20.0. The van der Waals surface area contributed by atoms with Crippen LogP contribution in [0.15, 0.2) is 72.8 Å². The molecule has 4 rings (SSSR count). The summed E-state index contributed by atoms with van der Waals surface area (Å²) in [4.78, 5) is 15.4. The summed E-state index contributed by atoms with van der Waals surface area (Å²) in [6, 6.07) is 23.1. The van der Waals surface area contributed by atoms with Gasteiger partial charge in [-0.05, 0) is 54.8 Å². The quantitative estimate of drug-likeness (QED) is 0.669. The molecule has 0 aliphatic carbocycles. The van der Waals surface area contributed by atoms with Crippen LogP contribution >= 0.6 is 0 Å². The lowest BCUT2D eigenvalue weighted by Gasteiger charge is -2.07. The third-order valence-corrected chi connectivity index (χ3v) is 4.16. The highest BCUT2D eigenvalue weighted by molar-refractivity contribution is 5.70. The zero-order chi connectivity index (χ0) is 20.5. The zero-order valence-corrected chi connectivity index (χ0v) is 16.4. The average Bonchev–Trinajstić information content (AvgIpc) is 3.20. The fourth-order valence-corrected chi connectivity index (χ4v) is 2.70. The molecule has 0 radical (unpaired) electrons. The lowest BCUT2D eigenvalue weighted by molar-refractivity contribution is 0.177. The van der Waals surface area contributed by atoms with Gasteiger partial charge >= 0.3 is 6.09 Å². The van der Waals surface area contributed by atoms with Gasteiger partial charge in [0.25, 0.3) is 0 Å². The number of ether oxygens (including phenoxy) is 2. The Labute approximate surface area is 170 Å². The smallest absolute Gasteiger partial charge is 0.407 e. The average molecular weight is 386 g/mol. The molecule has 0 unspecified atom stereocenters. The Balaban J connectivity index is 0.000000252. The van der Waals surface area contributed by atoms with Crippen molar-refractivity contribution in [3.05, 3.63) is 95.3 Å². The van der Waals surface area contributed by atoms with Crippen molar-refractivity contribution < 1.29 is 14.3 Å². The summed E-state index contributed by atoms with van der Waals surface area (Å²) in [5.74, 6) is 7.06. The van der Waals surface area contributed by atoms with Gasteiger partial charge in [-0.15, -0.1) is 0 Å². The third-order valence-electron chi connectivity index (χ3n) is 4.16. The number of cyclic esters (lactones) is 1. The first-order chi connectivity index (χ1) is 14.1. The van der Waals surface area contributed by atoms with Crippen LogP contribution in [0.4, 0.5) is 4.79 Å². The molecule has 1 aliphatic heterocycles. The summed E-state index contributed by atoms with van der Waals surface area (Å²) in [6.07, 6.45) is -0.375. The zero-order valence-electron chi connectivity index (χ0n) is 16.4. The molecular weight excluding hydrogens is 364 g/mol. The van der Waals surface area contributed by atoms with E-state index in [0.717, 1.165) is 28.3 Å². The first-order valence-corrected chi connectivity index (χ1v) is 9.22. The Hall–Kier alpha value is -3.78. The molecule has 1 aromatic heterocycles. The molecule has 0 saturated carbocycles. The van der Waals surface area contributed by atoms with Crippen molar-refractivity contribution in [3.63, 3.8) is 0 Å². The van der Waals surface area contributed by atoms with Crippen LogP contribution in [0.1, 0.15) is 28.6 Å². The minimum atomic E-state index is -0.375. The highest BCUT2D eigenvalue weighted by Crippen LogP contribution is 2.18. The summed E-state index contributed by atoms with van der Waals surface area (Å²) < 4.78 is 9.82. The number of hydrogen-bond acceptors (Lipinski definition) is 4. The molecular formula is C24H22N2O3. The molecule has 29 heavy (non-hydrogen) atoms. The summed E-state index contributed by atoms with van der Waals surface area (Å²) in [5.41, 5.74) is 3.57. The van der Waals surface area contributed by atoms with Crippen molar-refractivity contribution in [2.75, 3.05) is 13.7 Å². The molecule has 146 valence electrons. The number of carbonyl (C=O) groups excluding carboxylic acids is 1. The van der Waals surface area contributed by atoms with Gasteiger partial charge in [-0.25, -0.2) is 9.78 Å². The van der Waals surface area contributed by atoms with Gasteiger partial charge in [0.15, 0.2) is 0 Å². The van der Waals surface area contributed by atoms with E-state index in [9.17, 15) is 4.79 Å². The lowest BCUT2D eigenvalue weighted by atomic mass is 10.1. The molecule has 1 N–H and O–H groups in total. The molecule has 1 aliphatic rings. The SMILES string of the molecule is COc1ccccc1.Cc1cccc(C#Cc2cccc([C@@H]3COC(=O)N3)c2)n1. The van der Waals surface area contributed by atoms with Crippen molar-refractivity contribution in [1.29, 1.82) is 0 Å². The van der Waals surface area contributed by atoms with E-state index in [4.69, 9.17) is 9.47 Å². The Bertz CT molecular complexity index is 1020. The topological polar surface area (TPSA) is 60.5 Å². The predicted molar refractivity (Wildman–Crippen MR) is 112 cm³/mol. The largest absolute Gasteiger partial charge is 0.497 e. The number of nitrogens with zero attached hydrogens (tertiary/aromatic N) is 1. The van der Waals surface area contributed by atoms with Crippen LogP contribution in [-0.4, -0.2) is 24.8 Å². The van der Waals surface area contributed by atoms with Crippen LogP contribution in [-0.2, 0) is 4.74 Å². The molecule has 1 amide bonds. The number of carbonyl (C=O) groups is 1. The summed E-state index contributed by atoms with van der Waals surface area (Å²) in [6.45, 7) is 2.30. The Kier molecular flexibility index (Phi) is 6.85. The van der Waals surface area contributed by atoms with Gasteiger partial charge in [0.1, 0.15) is 18.1 Å². The number of pyridine rings is 1. The van der Waals surface area contributed by atoms with Gasteiger partial charge in [0, 0.05) is 11.3 Å². The number of benzene rings is 2. The number of methoxy groups -OCH3 is 1. The maximum atomic E-state index is 11.1. The van der Waals surface area contributed by atoms with E-state index in [1.54, 1.807) is 7.11 Å². The van der Waals surface area contributed by atoms with Crippen LogP contribution < -0.4 is 10.1 Å². The number of aromatic nitrogens is 1. The van der Waals surface area contributed by atoms with E-state index in [2.05, 4.69) is 22.1 Å². The van der Waals surface area contributed by atoms with Crippen molar-refractivity contribution in [1.82, 2.24) is 10.3 Å². The van der Waals surface area contributed by atoms with Crippen LogP contribution in [0.2, 0.25) is 0 Å². The molecule has 2 heterocycles. The Morgan fingerprint density at radius 2 is 1.83 bits per heavy atom. The molecule has 3 aromatic rings. The number of para-hydroxylation sites is 1. The van der Waals surface area contributed by atoms with Crippen LogP contribution in [0.3, 0.4) is 0 Å². The fourth-order valence-electron chi connectivity index (χ4n) is 2.70. The number of aryl methyl sites for hydroxylation is 1. The fraction of sp³-hybridized carbons (Fsp3) is 0.167. The van der Waals surface area contributed by atoms with E-state index >= 15 is 0 Å². The number of hydrogen-bond donors (Lipinski definition) is 1. The summed E-state index contributed by atoms with van der Waals surface area (Å²) in [5, 5.41) is 2.76. The van der Waals surface area contributed by atoms with Crippen molar-refractivity contribution in [3.8, 4) is 17.6 Å². The minimum absolute atomic E-state index is 0.101. The van der Waals surface area contributed by atoms with E-state index in [0.29, 0.717) is 6.61 Å². The number of alkyl carbamates (subject to hydrolysis) is 1. The van der Waals surface area contributed by atoms with Crippen molar-refractivity contribution in [2.45, 2.75) is 13.0 Å². The maximum Gasteiger partial charge on any atom is 0.407 e. The second-order valence-electron chi connectivity index (χ2n) is 6.35. The van der Waals surface area contributed by atoms with Gasteiger partial charge in [0.2, 0.25) is 0 Å². The molecule has 0 bridgehead atoms. The number of nitrogens with one attached hydrogen (secondary N) is 1. The maximum absolute atomic E-state index is 11.1. The minimum Gasteiger partial charge on any atom is -0.497 e. The van der Waals surface area contributed by atoms with Crippen LogP contribution in [0.5, 0.6) is 5.75 Å². The third kappa shape index (κ3) is 6.12. The Morgan fingerprint density at radius 1 is 1.03 bits per heavy atom. The number of rotatable bonds is 2. The molecule has 1 atom stereocenters. The molecule has 1 fully saturated rings. The molecule has 0 spiro atoms. The van der Waals surface area contributed by atoms with Crippen molar-refractivity contribution in [2.24, 2.45) is 0 Å². The monoisotopic (exact) mass is 386 g/mol. The van der Waals surface area contributed by atoms with Gasteiger partial charge < -0.3 is 14.8 Å². The molecule has 5 heteroatoms. The van der Waals surface area contributed by atoms with Gasteiger partial charge in [-0.2, -0.15) is 0 Å². The molecule has 5 nitrogen and oxygen atoms in total. The first-order valence-electron chi connectivity index (χ1n) is 9.22. The second kappa shape index (κ2) is 9.95. The van der Waals surface area contributed by atoms with Gasteiger partial charge in [0.05, 0.1) is 13.2 Å². The van der Waals surface area contributed by atoms with E-state index in [1.165, 1.54) is 0 Å². The predicted octanol–water partition coefficient (Wildman–Crippen LogP) is 4.27. The standard InChI is InChI=1S/C17H14N2O2.C7H8O/c1-12-4-2-7-15(18-12)9-8-13-5-3-6-14(10-13)16-11-21-17(20)19-16;1-8-7-5-3-2-4-6-7/h2-7,10,16H,11H2,1H3,(H,19,20);2-6H,1H3/t16-;/m0./s1. The van der Waals surface area contributed by atoms with E-state index in [1.807, 2.05) is 79.7 Å². The van der Waals surface area contributed by atoms with E-state index < -0.39 is 0 Å². The van der Waals surface area contributed by atoms with Gasteiger partial charge in [-0.1, -0.05) is 42.3 Å². The van der Waals surface area contributed by atoms with Crippen LogP contribution in [0, 0.1) is 18.8 Å². The van der Waals surface area contributed by atoms with Gasteiger partial charge in [-0.3, -0.25) is 0 Å². The lowest BCUT2D eigenvalue weighted by Crippen LogP contribution is -2.18. The highest BCUT2D eigenvalue weighted by atomic mass is 16.6. The normalized spacial score (nSPS) is 14.4. The Morgan fingerprint density at radius 3 is 2.48 bits per heavy atom. The van der Waals surface area contributed by atoms with Crippen molar-refractivity contribution >= 4 is 6.09 Å². The number of amides is 1. The summed E-state index contributed by atoms with van der Waals surface area (Å²) >= 11 is 0. The highest BCUT2D eigenvalue weighted by Gasteiger charge is 2.23.